The summed E-state index contributed by atoms with van der Waals surface area (Å²) >= 11 is 1.13. The van der Waals surface area contributed by atoms with Crippen molar-refractivity contribution >= 4 is 27.3 Å². The Morgan fingerprint density at radius 2 is 2.22 bits per heavy atom. The molecule has 1 aliphatic heterocycles. The van der Waals surface area contributed by atoms with Crippen LogP contribution in [0.15, 0.2) is 46.1 Å². The van der Waals surface area contributed by atoms with Gasteiger partial charge in [-0.1, -0.05) is 12.1 Å². The normalized spacial score (nSPS) is 18.3. The summed E-state index contributed by atoms with van der Waals surface area (Å²) in [5, 5.41) is 1.69. The molecule has 3 heterocycles. The summed E-state index contributed by atoms with van der Waals surface area (Å²) in [5.41, 5.74) is 0.847. The van der Waals surface area contributed by atoms with E-state index in [9.17, 15) is 13.2 Å². The third-order valence-corrected chi connectivity index (χ3v) is 6.57. The molecule has 1 N–H and O–H groups in total. The zero-order valence-electron chi connectivity index (χ0n) is 12.4. The highest BCUT2D eigenvalue weighted by Gasteiger charge is 2.31. The lowest BCUT2D eigenvalue weighted by atomic mass is 10.1. The van der Waals surface area contributed by atoms with Crippen molar-refractivity contribution in [3.05, 3.63) is 47.6 Å². The van der Waals surface area contributed by atoms with Gasteiger partial charge >= 0.3 is 0 Å². The monoisotopic (exact) mass is 351 g/mol. The zero-order valence-corrected chi connectivity index (χ0v) is 14.0. The largest absolute Gasteiger partial charge is 0.333 e. The molecule has 2 aromatic heterocycles. The maximum Gasteiger partial charge on any atom is 0.250 e. The first-order chi connectivity index (χ1) is 11.1. The Hall–Kier alpha value is -1.77. The average molecular weight is 351 g/mol. The molecule has 6 nitrogen and oxygen atoms in total. The van der Waals surface area contributed by atoms with Gasteiger partial charge in [0, 0.05) is 12.7 Å². The molecule has 1 fully saturated rings. The maximum atomic E-state index is 12.4. The second kappa shape index (κ2) is 6.77. The Balaban J connectivity index is 1.66. The van der Waals surface area contributed by atoms with Crippen LogP contribution >= 0.6 is 11.3 Å². The molecular formula is C15H17N3O3S2. The van der Waals surface area contributed by atoms with Crippen LogP contribution in [-0.4, -0.2) is 37.3 Å². The van der Waals surface area contributed by atoms with Crippen LogP contribution in [0.25, 0.3) is 0 Å². The van der Waals surface area contributed by atoms with E-state index in [-0.39, 0.29) is 22.7 Å². The van der Waals surface area contributed by atoms with Crippen molar-refractivity contribution < 1.29 is 13.2 Å². The predicted octanol–water partition coefficient (Wildman–Crippen LogP) is 1.79. The second-order valence-electron chi connectivity index (χ2n) is 5.26. The predicted molar refractivity (Wildman–Crippen MR) is 87.4 cm³/mol. The number of nitrogens with one attached hydrogen (secondary N) is 1. The molecule has 0 unspecified atom stereocenters. The second-order valence-corrected chi connectivity index (χ2v) is 8.20. The number of rotatable bonds is 5. The van der Waals surface area contributed by atoms with E-state index in [0.29, 0.717) is 6.54 Å². The first kappa shape index (κ1) is 16.1. The molecule has 1 aliphatic rings. The summed E-state index contributed by atoms with van der Waals surface area (Å²) in [6.45, 7) is 0.393. The Morgan fingerprint density at radius 3 is 2.91 bits per heavy atom. The zero-order chi connectivity index (χ0) is 16.3. The molecule has 0 aromatic carbocycles. The Kier molecular flexibility index (Phi) is 4.74. The van der Waals surface area contributed by atoms with Crippen LogP contribution in [0.1, 0.15) is 24.6 Å². The molecule has 0 aliphatic carbocycles. The molecule has 23 heavy (non-hydrogen) atoms. The number of sulfonamides is 1. The van der Waals surface area contributed by atoms with E-state index in [1.54, 1.807) is 22.5 Å². The lowest BCUT2D eigenvalue weighted by molar-refractivity contribution is -0.130. The smallest absolute Gasteiger partial charge is 0.250 e. The lowest BCUT2D eigenvalue weighted by Gasteiger charge is -2.24. The van der Waals surface area contributed by atoms with E-state index in [2.05, 4.69) is 9.71 Å². The minimum absolute atomic E-state index is 0.0741. The quantitative estimate of drug-likeness (QED) is 0.891. The van der Waals surface area contributed by atoms with Crippen molar-refractivity contribution in [1.29, 1.82) is 0 Å². The van der Waals surface area contributed by atoms with Crippen molar-refractivity contribution in [1.82, 2.24) is 14.6 Å². The van der Waals surface area contributed by atoms with Gasteiger partial charge in [-0.3, -0.25) is 9.78 Å². The molecule has 3 rings (SSSR count). The lowest BCUT2D eigenvalue weighted by Crippen LogP contribution is -2.39. The van der Waals surface area contributed by atoms with Gasteiger partial charge in [-0.25, -0.2) is 13.1 Å². The SMILES string of the molecule is O=C(CNS(=O)(=O)c1cccs1)N1CCC[C@@H]1c1ccccn1. The first-order valence-electron chi connectivity index (χ1n) is 7.31. The molecule has 1 atom stereocenters. The van der Waals surface area contributed by atoms with Gasteiger partial charge in [-0.2, -0.15) is 0 Å². The van der Waals surface area contributed by atoms with Gasteiger partial charge < -0.3 is 4.90 Å². The van der Waals surface area contributed by atoms with Gasteiger partial charge in [0.1, 0.15) is 4.21 Å². The number of amides is 1. The van der Waals surface area contributed by atoms with E-state index in [4.69, 9.17) is 0 Å². The number of likely N-dealkylation sites (tertiary alicyclic amines) is 1. The fraction of sp³-hybridized carbons (Fsp3) is 0.333. The molecule has 1 amide bonds. The number of carbonyl (C=O) groups is 1. The highest BCUT2D eigenvalue weighted by molar-refractivity contribution is 7.91. The highest BCUT2D eigenvalue weighted by atomic mass is 32.2. The van der Waals surface area contributed by atoms with Gasteiger partial charge in [0.2, 0.25) is 5.91 Å². The Labute approximate surface area is 139 Å². The van der Waals surface area contributed by atoms with Crippen molar-refractivity contribution in [2.24, 2.45) is 0 Å². The fourth-order valence-electron chi connectivity index (χ4n) is 2.69. The highest BCUT2D eigenvalue weighted by Crippen LogP contribution is 2.30. The molecule has 2 aromatic rings. The van der Waals surface area contributed by atoms with Crippen molar-refractivity contribution in [2.45, 2.75) is 23.1 Å². The summed E-state index contributed by atoms with van der Waals surface area (Å²) < 4.78 is 26.8. The Bertz CT molecular complexity index is 761. The molecule has 122 valence electrons. The number of carbonyl (C=O) groups excluding carboxylic acids is 1. The topological polar surface area (TPSA) is 79.4 Å². The standard InChI is InChI=1S/C15H17N3O3S2/c19-14(11-17-23(20,21)15-7-4-10-22-15)18-9-3-6-13(18)12-5-1-2-8-16-12/h1-2,4-5,7-8,10,13,17H,3,6,9,11H2/t13-/m1/s1. The molecule has 0 saturated carbocycles. The van der Waals surface area contributed by atoms with E-state index in [1.807, 2.05) is 18.2 Å². The summed E-state index contributed by atoms with van der Waals surface area (Å²) in [5.74, 6) is -0.224. The summed E-state index contributed by atoms with van der Waals surface area (Å²) in [6.07, 6.45) is 3.45. The van der Waals surface area contributed by atoms with Gasteiger partial charge in [0.15, 0.2) is 0 Å². The van der Waals surface area contributed by atoms with Crippen LogP contribution in [0.4, 0.5) is 0 Å². The minimum atomic E-state index is -3.62. The van der Waals surface area contributed by atoms with Crippen molar-refractivity contribution in [2.75, 3.05) is 13.1 Å². The minimum Gasteiger partial charge on any atom is -0.333 e. The maximum absolute atomic E-state index is 12.4. The Morgan fingerprint density at radius 1 is 1.35 bits per heavy atom. The van der Waals surface area contributed by atoms with Gasteiger partial charge in [0.25, 0.3) is 10.0 Å². The van der Waals surface area contributed by atoms with E-state index in [0.717, 1.165) is 29.9 Å². The average Bonchev–Trinajstić information content (AvgIpc) is 3.25. The fourth-order valence-corrected chi connectivity index (χ4v) is 4.70. The summed E-state index contributed by atoms with van der Waals surface area (Å²) in [7, 11) is -3.62. The van der Waals surface area contributed by atoms with Crippen molar-refractivity contribution in [3.63, 3.8) is 0 Å². The number of hydrogen-bond donors (Lipinski definition) is 1. The molecule has 0 radical (unpaired) electrons. The first-order valence-corrected chi connectivity index (χ1v) is 9.68. The van der Waals surface area contributed by atoms with E-state index >= 15 is 0 Å². The molecule has 8 heteroatoms. The summed E-state index contributed by atoms with van der Waals surface area (Å²) in [4.78, 5) is 18.4. The van der Waals surface area contributed by atoms with Crippen LogP contribution in [0.5, 0.6) is 0 Å². The number of thiophene rings is 1. The van der Waals surface area contributed by atoms with Crippen LogP contribution in [0, 0.1) is 0 Å². The van der Waals surface area contributed by atoms with Gasteiger partial charge in [0.05, 0.1) is 18.3 Å². The van der Waals surface area contributed by atoms with Crippen LogP contribution in [0.2, 0.25) is 0 Å². The van der Waals surface area contributed by atoms with Gasteiger partial charge in [-0.15, -0.1) is 11.3 Å². The number of pyridine rings is 1. The molecule has 1 saturated heterocycles. The van der Waals surface area contributed by atoms with Crippen LogP contribution in [0.3, 0.4) is 0 Å². The summed E-state index contributed by atoms with van der Waals surface area (Å²) in [6, 6.07) is 8.73. The van der Waals surface area contributed by atoms with Crippen LogP contribution < -0.4 is 4.72 Å². The van der Waals surface area contributed by atoms with Gasteiger partial charge in [-0.05, 0) is 36.4 Å². The molecule has 0 bridgehead atoms. The van der Waals surface area contributed by atoms with E-state index < -0.39 is 10.0 Å². The molecular weight excluding hydrogens is 334 g/mol. The van der Waals surface area contributed by atoms with Crippen LogP contribution in [-0.2, 0) is 14.8 Å². The number of nitrogens with zero attached hydrogens (tertiary/aromatic N) is 2. The van der Waals surface area contributed by atoms with E-state index in [1.165, 1.54) is 6.07 Å². The number of hydrogen-bond acceptors (Lipinski definition) is 5. The third-order valence-electron chi connectivity index (χ3n) is 3.78. The van der Waals surface area contributed by atoms with Crippen molar-refractivity contribution in [3.8, 4) is 0 Å². The number of aromatic nitrogens is 1. The third kappa shape index (κ3) is 3.60. The molecule has 0 spiro atoms.